The Labute approximate surface area is 151 Å². The first kappa shape index (κ1) is 19.1. The zero-order valence-corrected chi connectivity index (χ0v) is 15.1. The Hall–Kier alpha value is -2.25. The largest absolute Gasteiger partial charge is 0.494 e. The molecule has 1 N–H and O–H groups in total. The van der Waals surface area contributed by atoms with E-state index in [9.17, 15) is 13.2 Å². The van der Waals surface area contributed by atoms with Crippen LogP contribution >= 0.6 is 11.6 Å². The van der Waals surface area contributed by atoms with Crippen molar-refractivity contribution >= 4 is 33.3 Å². The predicted molar refractivity (Wildman–Crippen MR) is 95.8 cm³/mol. The normalized spacial score (nSPS) is 11.1. The number of ether oxygens (including phenoxy) is 1. The number of hydrogen-bond donors (Lipinski definition) is 1. The first-order chi connectivity index (χ1) is 11.8. The molecule has 0 fully saturated rings. The van der Waals surface area contributed by atoms with E-state index >= 15 is 0 Å². The van der Waals surface area contributed by atoms with Gasteiger partial charge in [0.1, 0.15) is 12.3 Å². The Balaban J connectivity index is 2.38. The summed E-state index contributed by atoms with van der Waals surface area (Å²) in [6, 6.07) is 11.8. The van der Waals surface area contributed by atoms with Crippen molar-refractivity contribution in [3.63, 3.8) is 0 Å². The Morgan fingerprint density at radius 1 is 1.12 bits per heavy atom. The van der Waals surface area contributed by atoms with E-state index in [2.05, 4.69) is 0 Å². The fourth-order valence-electron chi connectivity index (χ4n) is 2.10. The van der Waals surface area contributed by atoms with Crippen LogP contribution < -0.4 is 9.04 Å². The number of benzene rings is 2. The lowest BCUT2D eigenvalue weighted by Crippen LogP contribution is -2.35. The van der Waals surface area contributed by atoms with E-state index in [0.717, 1.165) is 10.7 Å². The predicted octanol–water partition coefficient (Wildman–Crippen LogP) is 3.41. The molecular weight excluding hydrogens is 366 g/mol. The van der Waals surface area contributed by atoms with Crippen molar-refractivity contribution in [2.45, 2.75) is 18.2 Å². The number of sulfonamides is 1. The molecule has 8 heteroatoms. The SMILES string of the molecule is CCCOc1ccc(N(CC(=O)O)S(=O)(=O)c2ccc(Cl)cc2)cc1. The van der Waals surface area contributed by atoms with E-state index in [1.54, 1.807) is 12.1 Å². The van der Waals surface area contributed by atoms with Crippen molar-refractivity contribution in [2.24, 2.45) is 0 Å². The molecule has 134 valence electrons. The van der Waals surface area contributed by atoms with Crippen LogP contribution in [0.3, 0.4) is 0 Å². The van der Waals surface area contributed by atoms with E-state index in [4.69, 9.17) is 21.4 Å². The van der Waals surface area contributed by atoms with Gasteiger partial charge in [-0.25, -0.2) is 8.42 Å². The quantitative estimate of drug-likeness (QED) is 0.755. The second-order valence-electron chi connectivity index (χ2n) is 5.20. The molecule has 0 aromatic heterocycles. The minimum absolute atomic E-state index is 0.0375. The topological polar surface area (TPSA) is 83.9 Å². The summed E-state index contributed by atoms with van der Waals surface area (Å²) in [4.78, 5) is 11.1. The van der Waals surface area contributed by atoms with Gasteiger partial charge in [-0.15, -0.1) is 0 Å². The van der Waals surface area contributed by atoms with Crippen LogP contribution in [0.1, 0.15) is 13.3 Å². The third-order valence-corrected chi connectivity index (χ3v) is 5.32. The molecule has 2 aromatic carbocycles. The van der Waals surface area contributed by atoms with Crippen molar-refractivity contribution in [1.82, 2.24) is 0 Å². The maximum Gasteiger partial charge on any atom is 0.324 e. The van der Waals surface area contributed by atoms with Gasteiger partial charge in [0.05, 0.1) is 17.2 Å². The molecule has 0 saturated carbocycles. The van der Waals surface area contributed by atoms with Gasteiger partial charge in [0.25, 0.3) is 10.0 Å². The molecule has 0 unspecified atom stereocenters. The molecule has 0 amide bonds. The summed E-state index contributed by atoms with van der Waals surface area (Å²) in [5.41, 5.74) is 0.237. The van der Waals surface area contributed by atoms with Gasteiger partial charge >= 0.3 is 5.97 Å². The van der Waals surface area contributed by atoms with Gasteiger partial charge in [0, 0.05) is 5.02 Å². The molecule has 0 saturated heterocycles. The maximum absolute atomic E-state index is 12.8. The number of rotatable bonds is 8. The number of carboxylic acids is 1. The molecule has 0 atom stereocenters. The first-order valence-corrected chi connectivity index (χ1v) is 9.39. The molecule has 0 bridgehead atoms. The smallest absolute Gasteiger partial charge is 0.324 e. The Morgan fingerprint density at radius 2 is 1.72 bits per heavy atom. The second kappa shape index (κ2) is 8.22. The highest BCUT2D eigenvalue weighted by atomic mass is 35.5. The van der Waals surface area contributed by atoms with Crippen LogP contribution in [0.25, 0.3) is 0 Å². The van der Waals surface area contributed by atoms with Crippen LogP contribution in [-0.4, -0.2) is 32.6 Å². The minimum atomic E-state index is -4.04. The lowest BCUT2D eigenvalue weighted by molar-refractivity contribution is -0.135. The zero-order chi connectivity index (χ0) is 18.4. The summed E-state index contributed by atoms with van der Waals surface area (Å²) in [5.74, 6) is -0.673. The second-order valence-corrected chi connectivity index (χ2v) is 7.50. The van der Waals surface area contributed by atoms with Crippen LogP contribution in [0, 0.1) is 0 Å². The van der Waals surface area contributed by atoms with Gasteiger partial charge < -0.3 is 9.84 Å². The molecule has 0 heterocycles. The third-order valence-electron chi connectivity index (χ3n) is 3.28. The first-order valence-electron chi connectivity index (χ1n) is 7.57. The Bertz CT molecular complexity index is 819. The number of hydrogen-bond acceptors (Lipinski definition) is 4. The van der Waals surface area contributed by atoms with E-state index < -0.39 is 22.5 Å². The highest BCUT2D eigenvalue weighted by Gasteiger charge is 2.27. The van der Waals surface area contributed by atoms with Gasteiger partial charge in [-0.05, 0) is 55.0 Å². The molecule has 0 spiro atoms. The molecule has 0 aliphatic rings. The van der Waals surface area contributed by atoms with Gasteiger partial charge in [-0.2, -0.15) is 0 Å². The zero-order valence-electron chi connectivity index (χ0n) is 13.6. The van der Waals surface area contributed by atoms with Crippen molar-refractivity contribution < 1.29 is 23.1 Å². The molecule has 0 radical (unpaired) electrons. The summed E-state index contributed by atoms with van der Waals surface area (Å²) in [7, 11) is -4.04. The summed E-state index contributed by atoms with van der Waals surface area (Å²) < 4.78 is 31.9. The Morgan fingerprint density at radius 3 is 2.24 bits per heavy atom. The van der Waals surface area contributed by atoms with E-state index in [1.807, 2.05) is 6.92 Å². The minimum Gasteiger partial charge on any atom is -0.494 e. The fourth-order valence-corrected chi connectivity index (χ4v) is 3.64. The monoisotopic (exact) mass is 383 g/mol. The number of halogens is 1. The van der Waals surface area contributed by atoms with Crippen LogP contribution in [-0.2, 0) is 14.8 Å². The van der Waals surface area contributed by atoms with Gasteiger partial charge in [0.2, 0.25) is 0 Å². The van der Waals surface area contributed by atoms with Crippen LogP contribution in [0.4, 0.5) is 5.69 Å². The number of carboxylic acid groups (broad SMARTS) is 1. The van der Waals surface area contributed by atoms with E-state index in [1.165, 1.54) is 36.4 Å². The van der Waals surface area contributed by atoms with E-state index in [0.29, 0.717) is 17.4 Å². The lowest BCUT2D eigenvalue weighted by atomic mass is 10.3. The fraction of sp³-hybridized carbons (Fsp3) is 0.235. The summed E-state index contributed by atoms with van der Waals surface area (Å²) in [5, 5.41) is 9.51. The van der Waals surface area contributed by atoms with Crippen molar-refractivity contribution in [3.8, 4) is 5.75 Å². The average molecular weight is 384 g/mol. The van der Waals surface area contributed by atoms with Crippen LogP contribution in [0.15, 0.2) is 53.4 Å². The standard InChI is InChI=1S/C17H18ClNO5S/c1-2-11-24-15-7-5-14(6-8-15)19(12-17(20)21)25(22,23)16-9-3-13(18)4-10-16/h3-10H,2,11-12H2,1H3,(H,20,21). The summed E-state index contributed by atoms with van der Waals surface area (Å²) >= 11 is 5.79. The van der Waals surface area contributed by atoms with Crippen molar-refractivity contribution in [3.05, 3.63) is 53.6 Å². The number of carbonyl (C=O) groups is 1. The molecule has 2 aromatic rings. The molecular formula is C17H18ClNO5S. The van der Waals surface area contributed by atoms with Gasteiger partial charge in [-0.1, -0.05) is 18.5 Å². The summed E-state index contributed by atoms with van der Waals surface area (Å²) in [6.07, 6.45) is 0.845. The number of nitrogens with zero attached hydrogens (tertiary/aromatic N) is 1. The molecule has 0 aliphatic heterocycles. The highest BCUT2D eigenvalue weighted by Crippen LogP contribution is 2.26. The van der Waals surface area contributed by atoms with Crippen LogP contribution in [0.5, 0.6) is 5.75 Å². The molecule has 0 aliphatic carbocycles. The number of aliphatic carboxylic acids is 1. The summed E-state index contributed by atoms with van der Waals surface area (Å²) in [6.45, 7) is 1.82. The molecule has 2 rings (SSSR count). The van der Waals surface area contributed by atoms with Crippen molar-refractivity contribution in [2.75, 3.05) is 17.5 Å². The van der Waals surface area contributed by atoms with Crippen LogP contribution in [0.2, 0.25) is 5.02 Å². The van der Waals surface area contributed by atoms with E-state index in [-0.39, 0.29) is 10.6 Å². The third kappa shape index (κ3) is 4.87. The molecule has 25 heavy (non-hydrogen) atoms. The number of anilines is 1. The average Bonchev–Trinajstić information content (AvgIpc) is 2.58. The lowest BCUT2D eigenvalue weighted by Gasteiger charge is -2.23. The van der Waals surface area contributed by atoms with Gasteiger partial charge in [0.15, 0.2) is 0 Å². The maximum atomic E-state index is 12.8. The Kier molecular flexibility index (Phi) is 6.27. The van der Waals surface area contributed by atoms with Crippen molar-refractivity contribution in [1.29, 1.82) is 0 Å². The molecule has 6 nitrogen and oxygen atoms in total. The van der Waals surface area contributed by atoms with Gasteiger partial charge in [-0.3, -0.25) is 9.10 Å². The highest BCUT2D eigenvalue weighted by molar-refractivity contribution is 7.92.